The fourth-order valence-corrected chi connectivity index (χ4v) is 3.93. The van der Waals surface area contributed by atoms with Gasteiger partial charge in [0.25, 0.3) is 0 Å². The van der Waals surface area contributed by atoms with Crippen LogP contribution in [-0.4, -0.2) is 54.4 Å². The van der Waals surface area contributed by atoms with Crippen molar-refractivity contribution in [2.24, 2.45) is 5.41 Å². The van der Waals surface area contributed by atoms with Gasteiger partial charge in [-0.2, -0.15) is 0 Å². The van der Waals surface area contributed by atoms with E-state index >= 15 is 0 Å². The first-order valence-corrected chi connectivity index (χ1v) is 9.10. The molecule has 126 valence electrons. The molecule has 1 heterocycles. The average molecular weight is 309 g/mol. The molecule has 0 spiro atoms. The topological polar surface area (TPSA) is 64.6 Å². The van der Waals surface area contributed by atoms with E-state index in [-0.39, 0.29) is 18.1 Å². The molecule has 2 amide bonds. The van der Waals surface area contributed by atoms with Gasteiger partial charge in [0.2, 0.25) is 0 Å². The Morgan fingerprint density at radius 3 is 2.36 bits per heavy atom. The van der Waals surface area contributed by atoms with Gasteiger partial charge in [-0.1, -0.05) is 19.3 Å². The molecule has 0 aromatic heterocycles. The van der Waals surface area contributed by atoms with E-state index in [0.29, 0.717) is 12.6 Å². The van der Waals surface area contributed by atoms with E-state index < -0.39 is 0 Å². The summed E-state index contributed by atoms with van der Waals surface area (Å²) in [6, 6.07) is 1.04. The van der Waals surface area contributed by atoms with Crippen molar-refractivity contribution in [1.29, 1.82) is 0 Å². The zero-order valence-corrected chi connectivity index (χ0v) is 13.6. The molecule has 0 unspecified atom stereocenters. The molecule has 3 fully saturated rings. The third-order valence-electron chi connectivity index (χ3n) is 5.87. The highest BCUT2D eigenvalue weighted by atomic mass is 16.3. The molecule has 0 aromatic carbocycles. The summed E-state index contributed by atoms with van der Waals surface area (Å²) in [7, 11) is 0. The molecular formula is C17H31N3O2. The van der Waals surface area contributed by atoms with Crippen LogP contribution in [0.25, 0.3) is 0 Å². The van der Waals surface area contributed by atoms with Crippen molar-refractivity contribution in [2.75, 3.05) is 26.2 Å². The van der Waals surface area contributed by atoms with Crippen LogP contribution >= 0.6 is 0 Å². The van der Waals surface area contributed by atoms with Gasteiger partial charge in [-0.25, -0.2) is 4.79 Å². The minimum atomic E-state index is -0.0594. The van der Waals surface area contributed by atoms with E-state index in [1.165, 1.54) is 32.1 Å². The Morgan fingerprint density at radius 2 is 1.77 bits per heavy atom. The maximum atomic E-state index is 12.0. The van der Waals surface area contributed by atoms with E-state index in [1.807, 2.05) is 0 Å². The molecule has 0 radical (unpaired) electrons. The summed E-state index contributed by atoms with van der Waals surface area (Å²) >= 11 is 0. The van der Waals surface area contributed by atoms with Crippen LogP contribution in [-0.2, 0) is 0 Å². The maximum absolute atomic E-state index is 12.0. The largest absolute Gasteiger partial charge is 0.396 e. The lowest BCUT2D eigenvalue weighted by atomic mass is 9.92. The number of aliphatic hydroxyl groups is 1. The Balaban J connectivity index is 1.33. The summed E-state index contributed by atoms with van der Waals surface area (Å²) in [6.45, 7) is 3.04. The molecule has 3 rings (SSSR count). The van der Waals surface area contributed by atoms with Gasteiger partial charge >= 0.3 is 6.03 Å². The van der Waals surface area contributed by atoms with Gasteiger partial charge in [-0.15, -0.1) is 0 Å². The lowest BCUT2D eigenvalue weighted by molar-refractivity contribution is 0.117. The van der Waals surface area contributed by atoms with Crippen LogP contribution in [0.15, 0.2) is 0 Å². The standard InChI is InChI=1S/C17H31N3O2/c21-13-17(8-9-17)12-18-16(22)19-14-6-10-20(11-7-14)15-4-2-1-3-5-15/h14-15,21H,1-13H2,(H2,18,19,22). The normalized spacial score (nSPS) is 26.6. The third kappa shape index (κ3) is 4.13. The summed E-state index contributed by atoms with van der Waals surface area (Å²) in [4.78, 5) is 14.6. The van der Waals surface area contributed by atoms with E-state index in [2.05, 4.69) is 15.5 Å². The summed E-state index contributed by atoms with van der Waals surface area (Å²) in [5.41, 5.74) is -0.0122. The number of hydrogen-bond acceptors (Lipinski definition) is 3. The van der Waals surface area contributed by atoms with Gasteiger partial charge in [0.05, 0.1) is 6.61 Å². The maximum Gasteiger partial charge on any atom is 0.315 e. The lowest BCUT2D eigenvalue weighted by Gasteiger charge is -2.39. The number of amides is 2. The quantitative estimate of drug-likeness (QED) is 0.726. The molecule has 0 atom stereocenters. The first kappa shape index (κ1) is 16.1. The zero-order chi connectivity index (χ0) is 15.4. The molecule has 3 N–H and O–H groups in total. The molecule has 0 bridgehead atoms. The Hall–Kier alpha value is -0.810. The third-order valence-corrected chi connectivity index (χ3v) is 5.87. The Bertz CT molecular complexity index is 370. The molecule has 5 nitrogen and oxygen atoms in total. The molecule has 3 aliphatic rings. The fourth-order valence-electron chi connectivity index (χ4n) is 3.93. The SMILES string of the molecule is O=C(NCC1(CO)CC1)NC1CCN(C2CCCCC2)CC1. The average Bonchev–Trinajstić information content (AvgIpc) is 3.35. The van der Waals surface area contributed by atoms with Crippen molar-refractivity contribution in [2.45, 2.75) is 69.9 Å². The Labute approximate surface area is 133 Å². The van der Waals surface area contributed by atoms with Crippen LogP contribution in [0.4, 0.5) is 4.79 Å². The van der Waals surface area contributed by atoms with Gasteiger partial charge in [0, 0.05) is 37.1 Å². The van der Waals surface area contributed by atoms with Crippen molar-refractivity contribution >= 4 is 6.03 Å². The number of hydrogen-bond donors (Lipinski definition) is 3. The number of likely N-dealkylation sites (tertiary alicyclic amines) is 1. The van der Waals surface area contributed by atoms with E-state index in [9.17, 15) is 9.90 Å². The van der Waals surface area contributed by atoms with Crippen molar-refractivity contribution in [3.8, 4) is 0 Å². The van der Waals surface area contributed by atoms with Crippen LogP contribution in [0.2, 0.25) is 0 Å². The number of piperidine rings is 1. The van der Waals surface area contributed by atoms with Crippen molar-refractivity contribution in [3.63, 3.8) is 0 Å². The fraction of sp³-hybridized carbons (Fsp3) is 0.941. The summed E-state index contributed by atoms with van der Waals surface area (Å²) < 4.78 is 0. The molecule has 1 saturated heterocycles. The monoisotopic (exact) mass is 309 g/mol. The van der Waals surface area contributed by atoms with E-state index in [1.54, 1.807) is 0 Å². The van der Waals surface area contributed by atoms with Crippen LogP contribution in [0.3, 0.4) is 0 Å². The van der Waals surface area contributed by atoms with Crippen LogP contribution in [0.1, 0.15) is 57.8 Å². The minimum Gasteiger partial charge on any atom is -0.396 e. The molecule has 22 heavy (non-hydrogen) atoms. The summed E-state index contributed by atoms with van der Waals surface area (Å²) in [6.07, 6.45) is 11.1. The highest BCUT2D eigenvalue weighted by Gasteiger charge is 2.42. The molecule has 5 heteroatoms. The van der Waals surface area contributed by atoms with Crippen LogP contribution in [0, 0.1) is 5.41 Å². The molecule has 1 aliphatic heterocycles. The van der Waals surface area contributed by atoms with Gasteiger partial charge in [0.15, 0.2) is 0 Å². The molecule has 2 aliphatic carbocycles. The summed E-state index contributed by atoms with van der Waals surface area (Å²) in [5, 5.41) is 15.3. The Morgan fingerprint density at radius 1 is 1.09 bits per heavy atom. The van der Waals surface area contributed by atoms with Gasteiger partial charge in [-0.3, -0.25) is 0 Å². The second-order valence-corrected chi connectivity index (χ2v) is 7.59. The highest BCUT2D eigenvalue weighted by Crippen LogP contribution is 2.44. The first-order chi connectivity index (χ1) is 10.7. The minimum absolute atomic E-state index is 0.0122. The predicted octanol–water partition coefficient (Wildman–Crippen LogP) is 1.86. The lowest BCUT2D eigenvalue weighted by Crippen LogP contribution is -2.51. The predicted molar refractivity (Wildman–Crippen MR) is 86.8 cm³/mol. The van der Waals surface area contributed by atoms with Crippen LogP contribution in [0.5, 0.6) is 0 Å². The van der Waals surface area contributed by atoms with Crippen molar-refractivity contribution in [3.05, 3.63) is 0 Å². The molecular weight excluding hydrogens is 278 g/mol. The highest BCUT2D eigenvalue weighted by molar-refractivity contribution is 5.74. The zero-order valence-electron chi connectivity index (χ0n) is 13.6. The van der Waals surface area contributed by atoms with Gasteiger partial charge in [-0.05, 0) is 38.5 Å². The number of urea groups is 1. The molecule has 0 aromatic rings. The number of rotatable bonds is 5. The van der Waals surface area contributed by atoms with Crippen molar-refractivity contribution < 1.29 is 9.90 Å². The number of nitrogens with one attached hydrogen (secondary N) is 2. The van der Waals surface area contributed by atoms with Gasteiger partial charge in [0.1, 0.15) is 0 Å². The summed E-state index contributed by atoms with van der Waals surface area (Å²) in [5.74, 6) is 0. The van der Waals surface area contributed by atoms with Gasteiger partial charge < -0.3 is 20.6 Å². The smallest absolute Gasteiger partial charge is 0.315 e. The van der Waals surface area contributed by atoms with Crippen molar-refractivity contribution in [1.82, 2.24) is 15.5 Å². The second-order valence-electron chi connectivity index (χ2n) is 7.59. The first-order valence-electron chi connectivity index (χ1n) is 9.10. The molecule has 2 saturated carbocycles. The van der Waals surface area contributed by atoms with E-state index in [4.69, 9.17) is 0 Å². The Kier molecular flexibility index (Phi) is 5.24. The number of aliphatic hydroxyl groups excluding tert-OH is 1. The van der Waals surface area contributed by atoms with Crippen LogP contribution < -0.4 is 10.6 Å². The second kappa shape index (κ2) is 7.18. The van der Waals surface area contributed by atoms with E-state index in [0.717, 1.165) is 44.8 Å². The number of carbonyl (C=O) groups is 1. The number of carbonyl (C=O) groups excluding carboxylic acids is 1. The number of nitrogens with zero attached hydrogens (tertiary/aromatic N) is 1.